The van der Waals surface area contributed by atoms with Gasteiger partial charge < -0.3 is 10.1 Å². The van der Waals surface area contributed by atoms with E-state index in [4.69, 9.17) is 4.74 Å². The summed E-state index contributed by atoms with van der Waals surface area (Å²) in [5, 5.41) is 3.27. The second kappa shape index (κ2) is 6.36. The van der Waals surface area contributed by atoms with E-state index in [-0.39, 0.29) is 4.90 Å². The molecule has 1 aromatic carbocycles. The van der Waals surface area contributed by atoms with Gasteiger partial charge in [0.1, 0.15) is 5.75 Å². The summed E-state index contributed by atoms with van der Waals surface area (Å²) in [5.74, 6) is 1.08. The molecule has 0 spiro atoms. The Morgan fingerprint density at radius 1 is 1.26 bits per heavy atom. The molecule has 1 saturated heterocycles. The zero-order valence-corrected chi connectivity index (χ0v) is 11.9. The highest BCUT2D eigenvalue weighted by Crippen LogP contribution is 2.16. The van der Waals surface area contributed by atoms with Crippen molar-refractivity contribution in [2.24, 2.45) is 5.92 Å². The van der Waals surface area contributed by atoms with Gasteiger partial charge in [-0.2, -0.15) is 0 Å². The standard InChI is InChI=1S/C13H20N2O3S/c1-18-12-2-4-13(5-3-12)19(16,17)15-10-11-6-8-14-9-7-11/h2-5,11,14-15H,6-10H2,1H3. The van der Waals surface area contributed by atoms with Crippen molar-refractivity contribution in [3.05, 3.63) is 24.3 Å². The zero-order chi connectivity index (χ0) is 13.7. The Morgan fingerprint density at radius 3 is 2.47 bits per heavy atom. The van der Waals surface area contributed by atoms with E-state index < -0.39 is 10.0 Å². The van der Waals surface area contributed by atoms with Crippen molar-refractivity contribution >= 4 is 10.0 Å². The summed E-state index contributed by atoms with van der Waals surface area (Å²) in [7, 11) is -1.86. The van der Waals surface area contributed by atoms with Gasteiger partial charge in [-0.25, -0.2) is 13.1 Å². The highest BCUT2D eigenvalue weighted by molar-refractivity contribution is 7.89. The van der Waals surface area contributed by atoms with Crippen molar-refractivity contribution < 1.29 is 13.2 Å². The van der Waals surface area contributed by atoms with Crippen LogP contribution >= 0.6 is 0 Å². The van der Waals surface area contributed by atoms with E-state index in [0.29, 0.717) is 18.2 Å². The normalized spacial score (nSPS) is 17.3. The Morgan fingerprint density at radius 2 is 1.89 bits per heavy atom. The van der Waals surface area contributed by atoms with Crippen LogP contribution in [-0.4, -0.2) is 35.2 Å². The molecule has 6 heteroatoms. The smallest absolute Gasteiger partial charge is 0.240 e. The van der Waals surface area contributed by atoms with Crippen LogP contribution < -0.4 is 14.8 Å². The molecule has 0 bridgehead atoms. The summed E-state index contributed by atoms with van der Waals surface area (Å²) in [6, 6.07) is 6.42. The van der Waals surface area contributed by atoms with E-state index >= 15 is 0 Å². The van der Waals surface area contributed by atoms with Crippen LogP contribution in [-0.2, 0) is 10.0 Å². The first-order valence-electron chi connectivity index (χ1n) is 6.46. The van der Waals surface area contributed by atoms with E-state index in [9.17, 15) is 8.42 Å². The van der Waals surface area contributed by atoms with Gasteiger partial charge in [0.2, 0.25) is 10.0 Å². The third kappa shape index (κ3) is 3.92. The first kappa shape index (κ1) is 14.3. The minimum atomic E-state index is -3.41. The van der Waals surface area contributed by atoms with Crippen molar-refractivity contribution in [3.8, 4) is 5.75 Å². The van der Waals surface area contributed by atoms with E-state index in [0.717, 1.165) is 25.9 Å². The van der Waals surface area contributed by atoms with Crippen LogP contribution in [0, 0.1) is 5.92 Å². The molecule has 1 aliphatic rings. The molecule has 1 heterocycles. The van der Waals surface area contributed by atoms with Crippen LogP contribution in [0.1, 0.15) is 12.8 Å². The molecule has 19 heavy (non-hydrogen) atoms. The van der Waals surface area contributed by atoms with Crippen molar-refractivity contribution in [1.29, 1.82) is 0 Å². The van der Waals surface area contributed by atoms with Crippen LogP contribution in [0.15, 0.2) is 29.2 Å². The van der Waals surface area contributed by atoms with Gasteiger partial charge in [0.15, 0.2) is 0 Å². The quantitative estimate of drug-likeness (QED) is 0.845. The van der Waals surface area contributed by atoms with Crippen molar-refractivity contribution in [2.75, 3.05) is 26.7 Å². The first-order chi connectivity index (χ1) is 9.12. The van der Waals surface area contributed by atoms with Gasteiger partial charge in [-0.05, 0) is 56.1 Å². The summed E-state index contributed by atoms with van der Waals surface area (Å²) >= 11 is 0. The van der Waals surface area contributed by atoms with Gasteiger partial charge in [0.25, 0.3) is 0 Å². The molecule has 0 amide bonds. The van der Waals surface area contributed by atoms with Gasteiger partial charge in [0.05, 0.1) is 12.0 Å². The lowest BCUT2D eigenvalue weighted by molar-refractivity contribution is 0.372. The highest BCUT2D eigenvalue weighted by Gasteiger charge is 2.18. The van der Waals surface area contributed by atoms with Crippen LogP contribution in [0.2, 0.25) is 0 Å². The summed E-state index contributed by atoms with van der Waals surface area (Å²) in [4.78, 5) is 0.280. The number of hydrogen-bond donors (Lipinski definition) is 2. The highest BCUT2D eigenvalue weighted by atomic mass is 32.2. The Kier molecular flexibility index (Phi) is 4.79. The number of hydrogen-bond acceptors (Lipinski definition) is 4. The number of benzene rings is 1. The van der Waals surface area contributed by atoms with Crippen LogP contribution in [0.4, 0.5) is 0 Å². The average Bonchev–Trinajstić information content (AvgIpc) is 2.46. The molecule has 1 fully saturated rings. The Labute approximate surface area is 114 Å². The van der Waals surface area contributed by atoms with Crippen molar-refractivity contribution in [2.45, 2.75) is 17.7 Å². The van der Waals surface area contributed by atoms with E-state index in [1.807, 2.05) is 0 Å². The Bertz CT molecular complexity index is 493. The molecule has 1 aromatic rings. The van der Waals surface area contributed by atoms with E-state index in [1.54, 1.807) is 31.4 Å². The summed E-state index contributed by atoms with van der Waals surface area (Å²) in [5.41, 5.74) is 0. The molecule has 2 rings (SSSR count). The minimum absolute atomic E-state index is 0.280. The van der Waals surface area contributed by atoms with Gasteiger partial charge in [-0.15, -0.1) is 0 Å². The predicted molar refractivity (Wildman–Crippen MR) is 73.8 cm³/mol. The van der Waals surface area contributed by atoms with Crippen LogP contribution in [0.25, 0.3) is 0 Å². The number of sulfonamides is 1. The Hall–Kier alpha value is -1.11. The molecular weight excluding hydrogens is 264 g/mol. The number of piperidine rings is 1. The third-order valence-corrected chi connectivity index (χ3v) is 4.83. The second-order valence-electron chi connectivity index (χ2n) is 4.72. The SMILES string of the molecule is COc1ccc(S(=O)(=O)NCC2CCNCC2)cc1. The fraction of sp³-hybridized carbons (Fsp3) is 0.538. The lowest BCUT2D eigenvalue weighted by Gasteiger charge is -2.22. The summed E-state index contributed by atoms with van der Waals surface area (Å²) < 4.78 is 31.9. The first-order valence-corrected chi connectivity index (χ1v) is 7.94. The molecule has 0 atom stereocenters. The fourth-order valence-corrected chi connectivity index (χ4v) is 3.27. The fourth-order valence-electron chi connectivity index (χ4n) is 2.15. The average molecular weight is 284 g/mol. The molecule has 106 valence electrons. The number of methoxy groups -OCH3 is 1. The van der Waals surface area contributed by atoms with Gasteiger partial charge >= 0.3 is 0 Å². The monoisotopic (exact) mass is 284 g/mol. The molecule has 2 N–H and O–H groups in total. The maximum atomic E-state index is 12.1. The predicted octanol–water partition coefficient (Wildman–Crippen LogP) is 0.973. The molecule has 5 nitrogen and oxygen atoms in total. The summed E-state index contributed by atoms with van der Waals surface area (Å²) in [6.07, 6.45) is 2.04. The molecular formula is C13H20N2O3S. The maximum absolute atomic E-state index is 12.1. The van der Waals surface area contributed by atoms with Crippen molar-refractivity contribution in [1.82, 2.24) is 10.0 Å². The van der Waals surface area contributed by atoms with E-state index in [1.165, 1.54) is 0 Å². The van der Waals surface area contributed by atoms with Crippen LogP contribution in [0.5, 0.6) is 5.75 Å². The lowest BCUT2D eigenvalue weighted by Crippen LogP contribution is -2.35. The third-order valence-electron chi connectivity index (χ3n) is 3.39. The van der Waals surface area contributed by atoms with Crippen LogP contribution in [0.3, 0.4) is 0 Å². The molecule has 0 radical (unpaired) electrons. The minimum Gasteiger partial charge on any atom is -0.497 e. The number of nitrogens with one attached hydrogen (secondary N) is 2. The molecule has 0 saturated carbocycles. The molecule has 0 unspecified atom stereocenters. The number of rotatable bonds is 5. The number of ether oxygens (including phenoxy) is 1. The van der Waals surface area contributed by atoms with E-state index in [2.05, 4.69) is 10.0 Å². The lowest BCUT2D eigenvalue weighted by atomic mass is 9.99. The van der Waals surface area contributed by atoms with Gasteiger partial charge in [-0.1, -0.05) is 0 Å². The molecule has 1 aliphatic heterocycles. The maximum Gasteiger partial charge on any atom is 0.240 e. The Balaban J connectivity index is 1.96. The second-order valence-corrected chi connectivity index (χ2v) is 6.49. The summed E-state index contributed by atoms with van der Waals surface area (Å²) in [6.45, 7) is 2.44. The van der Waals surface area contributed by atoms with Gasteiger partial charge in [0, 0.05) is 6.54 Å². The zero-order valence-electron chi connectivity index (χ0n) is 11.1. The largest absolute Gasteiger partial charge is 0.497 e. The topological polar surface area (TPSA) is 67.4 Å². The molecule has 0 aliphatic carbocycles. The molecule has 0 aromatic heterocycles. The van der Waals surface area contributed by atoms with Gasteiger partial charge in [-0.3, -0.25) is 0 Å². The van der Waals surface area contributed by atoms with Crippen molar-refractivity contribution in [3.63, 3.8) is 0 Å².